The van der Waals surface area contributed by atoms with Gasteiger partial charge in [-0.05, 0) is 24.6 Å². The van der Waals surface area contributed by atoms with E-state index in [4.69, 9.17) is 4.74 Å². The summed E-state index contributed by atoms with van der Waals surface area (Å²) >= 11 is 0. The van der Waals surface area contributed by atoms with E-state index in [1.165, 1.54) is 25.1 Å². The highest BCUT2D eigenvalue weighted by Crippen LogP contribution is 2.51. The van der Waals surface area contributed by atoms with Gasteiger partial charge in [-0.25, -0.2) is 0 Å². The van der Waals surface area contributed by atoms with Crippen molar-refractivity contribution < 1.29 is 44.3 Å². The van der Waals surface area contributed by atoms with E-state index in [1.54, 1.807) is 0 Å². The van der Waals surface area contributed by atoms with Gasteiger partial charge < -0.3 is 25.2 Å². The molecule has 2 aliphatic rings. The third-order valence-corrected chi connectivity index (χ3v) is 6.23. The number of aliphatic hydroxyl groups excluding tert-OH is 2. The van der Waals surface area contributed by atoms with Crippen LogP contribution in [0.25, 0.3) is 0 Å². The van der Waals surface area contributed by atoms with E-state index in [9.17, 15) is 39.6 Å². The second-order valence-corrected chi connectivity index (χ2v) is 8.08. The zero-order valence-corrected chi connectivity index (χ0v) is 17.2. The first-order valence-corrected chi connectivity index (χ1v) is 9.81. The molecular weight excluding hydrogens is 420 g/mol. The number of aromatic hydroxyl groups is 2. The van der Waals surface area contributed by atoms with Crippen molar-refractivity contribution in [2.45, 2.75) is 37.4 Å². The van der Waals surface area contributed by atoms with Gasteiger partial charge in [0.25, 0.3) is 0 Å². The van der Waals surface area contributed by atoms with Gasteiger partial charge in [-0.2, -0.15) is 0 Å². The molecule has 0 aliphatic heterocycles. The average Bonchev–Trinajstić information content (AvgIpc) is 2.73. The Morgan fingerprint density at radius 1 is 1.09 bits per heavy atom. The lowest BCUT2D eigenvalue weighted by molar-refractivity contribution is -0.157. The van der Waals surface area contributed by atoms with Crippen LogP contribution < -0.4 is 0 Å². The molecule has 0 saturated carbocycles. The van der Waals surface area contributed by atoms with E-state index < -0.39 is 70.8 Å². The maximum Gasteiger partial charge on any atom is 0.319 e. The number of benzene rings is 2. The molecule has 0 saturated heterocycles. The number of methoxy groups -OCH3 is 1. The fraction of sp³-hybridized carbons (Fsp3) is 0.304. The summed E-state index contributed by atoms with van der Waals surface area (Å²) in [4.78, 5) is 51.3. The van der Waals surface area contributed by atoms with Gasteiger partial charge >= 0.3 is 5.97 Å². The molecule has 0 heterocycles. The lowest BCUT2D eigenvalue weighted by atomic mass is 9.63. The highest BCUT2D eigenvalue weighted by Gasteiger charge is 2.55. The quantitative estimate of drug-likeness (QED) is 0.437. The van der Waals surface area contributed by atoms with Gasteiger partial charge in [0, 0.05) is 29.5 Å². The Hall–Kier alpha value is -3.56. The topological polar surface area (TPSA) is 158 Å². The predicted octanol–water partition coefficient (Wildman–Crippen LogP) is 1.06. The zero-order chi connectivity index (χ0) is 23.5. The third kappa shape index (κ3) is 2.71. The molecule has 4 rings (SSSR count). The highest BCUT2D eigenvalue weighted by molar-refractivity contribution is 6.30. The summed E-state index contributed by atoms with van der Waals surface area (Å²) in [6.45, 7) is 1.20. The van der Waals surface area contributed by atoms with Crippen LogP contribution in [0, 0.1) is 0 Å². The molecule has 0 bridgehead atoms. The first-order chi connectivity index (χ1) is 15.1. The molecule has 2 aromatic carbocycles. The van der Waals surface area contributed by atoms with Crippen LogP contribution in [-0.2, 0) is 19.7 Å². The van der Waals surface area contributed by atoms with Crippen molar-refractivity contribution in [3.05, 3.63) is 57.6 Å². The zero-order valence-electron chi connectivity index (χ0n) is 17.2. The van der Waals surface area contributed by atoms with Crippen LogP contribution in [0.5, 0.6) is 11.5 Å². The first kappa shape index (κ1) is 21.7. The lowest BCUT2D eigenvalue weighted by Crippen LogP contribution is -2.52. The number of phenolic OH excluding ortho intramolecular Hbond substituents is 2. The maximum absolute atomic E-state index is 13.2. The normalized spacial score (nSPS) is 23.8. The van der Waals surface area contributed by atoms with Gasteiger partial charge in [-0.1, -0.05) is 12.1 Å². The van der Waals surface area contributed by atoms with Crippen molar-refractivity contribution in [1.29, 1.82) is 0 Å². The third-order valence-electron chi connectivity index (χ3n) is 6.23. The molecular formula is C23H20O9. The van der Waals surface area contributed by atoms with E-state index >= 15 is 0 Å². The van der Waals surface area contributed by atoms with Gasteiger partial charge in [0.15, 0.2) is 5.78 Å². The second-order valence-electron chi connectivity index (χ2n) is 8.08. The minimum atomic E-state index is -2.00. The molecule has 3 atom stereocenters. The summed E-state index contributed by atoms with van der Waals surface area (Å²) in [5, 5.41) is 42.6. The summed E-state index contributed by atoms with van der Waals surface area (Å²) in [6.07, 6.45) is -4.00. The number of carbonyl (C=O) groups is 4. The van der Waals surface area contributed by atoms with Crippen LogP contribution in [0.1, 0.15) is 68.8 Å². The van der Waals surface area contributed by atoms with Crippen LogP contribution in [0.3, 0.4) is 0 Å². The summed E-state index contributed by atoms with van der Waals surface area (Å²) in [6, 6.07) is 5.08. The smallest absolute Gasteiger partial charge is 0.319 e. The number of rotatable bonds is 3. The van der Waals surface area contributed by atoms with E-state index in [-0.39, 0.29) is 27.8 Å². The number of esters is 1. The Bertz CT molecular complexity index is 1210. The fourth-order valence-electron chi connectivity index (χ4n) is 4.85. The Kier molecular flexibility index (Phi) is 4.91. The van der Waals surface area contributed by atoms with Gasteiger partial charge in [-0.3, -0.25) is 19.2 Å². The Balaban J connectivity index is 2.10. The van der Waals surface area contributed by atoms with Gasteiger partial charge in [-0.15, -0.1) is 0 Å². The molecule has 0 fully saturated rings. The number of ketones is 3. The van der Waals surface area contributed by atoms with Gasteiger partial charge in [0.05, 0.1) is 30.4 Å². The SMILES string of the molecule is COC(=O)C1(CC(C)=O)c2cc3c(c(O)c2[C@@H](O)C[C@@H]1O)C(=O)c1c(O)cccc1C3=O. The van der Waals surface area contributed by atoms with Crippen LogP contribution in [-0.4, -0.2) is 57.0 Å². The van der Waals surface area contributed by atoms with E-state index in [0.29, 0.717) is 0 Å². The van der Waals surface area contributed by atoms with Crippen LogP contribution >= 0.6 is 0 Å². The van der Waals surface area contributed by atoms with Crippen molar-refractivity contribution in [1.82, 2.24) is 0 Å². The molecule has 32 heavy (non-hydrogen) atoms. The first-order valence-electron chi connectivity index (χ1n) is 9.81. The van der Waals surface area contributed by atoms with Crippen molar-refractivity contribution in [2.75, 3.05) is 7.11 Å². The van der Waals surface area contributed by atoms with Crippen molar-refractivity contribution in [3.63, 3.8) is 0 Å². The lowest BCUT2D eigenvalue weighted by Gasteiger charge is -2.42. The number of carbonyl (C=O) groups excluding carboxylic acids is 4. The van der Waals surface area contributed by atoms with Gasteiger partial charge in [0.2, 0.25) is 5.78 Å². The van der Waals surface area contributed by atoms with Crippen molar-refractivity contribution in [2.24, 2.45) is 0 Å². The minimum absolute atomic E-state index is 0.103. The fourth-order valence-corrected chi connectivity index (χ4v) is 4.85. The maximum atomic E-state index is 13.2. The highest BCUT2D eigenvalue weighted by atomic mass is 16.5. The second kappa shape index (κ2) is 7.25. The van der Waals surface area contributed by atoms with E-state index in [2.05, 4.69) is 0 Å². The summed E-state index contributed by atoms with van der Waals surface area (Å²) in [5.74, 6) is -4.20. The summed E-state index contributed by atoms with van der Waals surface area (Å²) < 4.78 is 4.86. The average molecular weight is 440 g/mol. The number of hydrogen-bond acceptors (Lipinski definition) is 9. The van der Waals surface area contributed by atoms with Gasteiger partial charge in [0.1, 0.15) is 22.7 Å². The minimum Gasteiger partial charge on any atom is -0.507 e. The Morgan fingerprint density at radius 2 is 1.78 bits per heavy atom. The number of fused-ring (bicyclic) bond motifs is 3. The molecule has 0 radical (unpaired) electrons. The molecule has 0 amide bonds. The molecule has 0 aromatic heterocycles. The molecule has 0 spiro atoms. The number of Topliss-reactive ketones (excluding diaryl/α,β-unsaturated/α-hetero) is 1. The van der Waals surface area contributed by atoms with E-state index in [0.717, 1.165) is 13.2 Å². The summed E-state index contributed by atoms with van der Waals surface area (Å²) in [5.41, 5.74) is -3.50. The van der Waals surface area contributed by atoms with Crippen molar-refractivity contribution >= 4 is 23.3 Å². The summed E-state index contributed by atoms with van der Waals surface area (Å²) in [7, 11) is 1.06. The van der Waals surface area contributed by atoms with Crippen molar-refractivity contribution in [3.8, 4) is 11.5 Å². The number of ether oxygens (including phenoxy) is 1. The predicted molar refractivity (Wildman–Crippen MR) is 108 cm³/mol. The molecule has 166 valence electrons. The molecule has 2 aliphatic carbocycles. The van der Waals surface area contributed by atoms with Crippen LogP contribution in [0.2, 0.25) is 0 Å². The molecule has 1 unspecified atom stereocenters. The number of phenols is 2. The Labute approximate surface area is 181 Å². The Morgan fingerprint density at radius 3 is 2.41 bits per heavy atom. The monoisotopic (exact) mass is 440 g/mol. The molecule has 9 heteroatoms. The number of aliphatic hydroxyl groups is 2. The van der Waals surface area contributed by atoms with Crippen LogP contribution in [0.4, 0.5) is 0 Å². The standard InChI is InChI=1S/C23H20O9/c1-9(24)8-23(22(31)32-2)12-6-11-17(21(30)18(12)14(26)7-15(23)27)20(29)16-10(19(11)28)4-3-5-13(16)25/h3-6,14-15,25-27,30H,7-8H2,1-2H3/t14-,15-,23?/m0/s1. The molecule has 9 nitrogen and oxygen atoms in total. The molecule has 4 N–H and O–H groups in total. The van der Waals surface area contributed by atoms with Crippen LogP contribution in [0.15, 0.2) is 24.3 Å². The number of hydrogen-bond donors (Lipinski definition) is 4. The van der Waals surface area contributed by atoms with E-state index in [1.807, 2.05) is 0 Å². The largest absolute Gasteiger partial charge is 0.507 e. The molecule has 2 aromatic rings.